The first kappa shape index (κ1) is 14.9. The Morgan fingerprint density at radius 1 is 1.39 bits per heavy atom. The standard InChI is InChI=1S/C14H24N2O2/c1-5-15-8-13-9-16-11(3)7-14(13)18-12(4)10-17-6-2/h7,9,12,15H,5-6,8,10H2,1-4H3. The Morgan fingerprint density at radius 3 is 2.83 bits per heavy atom. The Hall–Kier alpha value is -1.13. The molecule has 1 heterocycles. The van der Waals surface area contributed by atoms with Gasteiger partial charge >= 0.3 is 0 Å². The van der Waals surface area contributed by atoms with Crippen LogP contribution in [0.25, 0.3) is 0 Å². The van der Waals surface area contributed by atoms with Gasteiger partial charge in [0.15, 0.2) is 0 Å². The average Bonchev–Trinajstić information content (AvgIpc) is 2.35. The Balaban J connectivity index is 2.68. The molecule has 0 aliphatic carbocycles. The summed E-state index contributed by atoms with van der Waals surface area (Å²) in [5.74, 6) is 0.899. The fraction of sp³-hybridized carbons (Fsp3) is 0.643. The summed E-state index contributed by atoms with van der Waals surface area (Å²) in [5, 5.41) is 3.29. The van der Waals surface area contributed by atoms with Crippen molar-refractivity contribution in [1.29, 1.82) is 0 Å². The van der Waals surface area contributed by atoms with Gasteiger partial charge in [-0.25, -0.2) is 0 Å². The highest BCUT2D eigenvalue weighted by atomic mass is 16.5. The van der Waals surface area contributed by atoms with Gasteiger partial charge in [0.1, 0.15) is 11.9 Å². The highest BCUT2D eigenvalue weighted by molar-refractivity contribution is 5.33. The lowest BCUT2D eigenvalue weighted by Gasteiger charge is -2.17. The first-order valence-electron chi connectivity index (χ1n) is 6.58. The second kappa shape index (κ2) is 8.06. The minimum absolute atomic E-state index is 0.0483. The van der Waals surface area contributed by atoms with Crippen LogP contribution in [-0.4, -0.2) is 30.8 Å². The number of nitrogens with one attached hydrogen (secondary N) is 1. The average molecular weight is 252 g/mol. The molecule has 4 nitrogen and oxygen atoms in total. The van der Waals surface area contributed by atoms with Gasteiger partial charge < -0.3 is 14.8 Å². The maximum absolute atomic E-state index is 5.92. The van der Waals surface area contributed by atoms with E-state index in [1.165, 1.54) is 0 Å². The molecule has 4 heteroatoms. The fourth-order valence-electron chi connectivity index (χ4n) is 1.60. The molecule has 0 saturated carbocycles. The van der Waals surface area contributed by atoms with E-state index in [9.17, 15) is 0 Å². The summed E-state index contributed by atoms with van der Waals surface area (Å²) in [6.07, 6.45) is 1.92. The van der Waals surface area contributed by atoms with Crippen LogP contribution in [0.2, 0.25) is 0 Å². The van der Waals surface area contributed by atoms with Gasteiger partial charge in [0.05, 0.1) is 6.61 Å². The lowest BCUT2D eigenvalue weighted by Crippen LogP contribution is -2.21. The van der Waals surface area contributed by atoms with Crippen molar-refractivity contribution >= 4 is 0 Å². The van der Waals surface area contributed by atoms with Gasteiger partial charge in [0, 0.05) is 36.7 Å². The largest absolute Gasteiger partial charge is 0.488 e. The van der Waals surface area contributed by atoms with Crippen LogP contribution in [-0.2, 0) is 11.3 Å². The summed E-state index contributed by atoms with van der Waals surface area (Å²) in [7, 11) is 0. The van der Waals surface area contributed by atoms with Crippen LogP contribution in [0.3, 0.4) is 0 Å². The zero-order valence-electron chi connectivity index (χ0n) is 11.8. The smallest absolute Gasteiger partial charge is 0.127 e. The van der Waals surface area contributed by atoms with Gasteiger partial charge in [0.25, 0.3) is 0 Å². The van der Waals surface area contributed by atoms with Crippen LogP contribution in [0.5, 0.6) is 5.75 Å². The molecule has 0 saturated heterocycles. The molecule has 102 valence electrons. The predicted molar refractivity (Wildman–Crippen MR) is 72.9 cm³/mol. The summed E-state index contributed by atoms with van der Waals surface area (Å²) in [6.45, 7) is 11.1. The number of pyridine rings is 1. The van der Waals surface area contributed by atoms with Crippen molar-refractivity contribution in [3.05, 3.63) is 23.5 Å². The monoisotopic (exact) mass is 252 g/mol. The van der Waals surface area contributed by atoms with E-state index >= 15 is 0 Å². The lowest BCUT2D eigenvalue weighted by molar-refractivity contribution is 0.0651. The zero-order valence-corrected chi connectivity index (χ0v) is 11.8. The van der Waals surface area contributed by atoms with Crippen molar-refractivity contribution < 1.29 is 9.47 Å². The Kier molecular flexibility index (Phi) is 6.68. The summed E-state index contributed by atoms with van der Waals surface area (Å²) in [5.41, 5.74) is 2.06. The lowest BCUT2D eigenvalue weighted by atomic mass is 10.2. The summed E-state index contributed by atoms with van der Waals surface area (Å²) in [6, 6.07) is 1.98. The van der Waals surface area contributed by atoms with Crippen LogP contribution in [0, 0.1) is 6.92 Å². The molecular formula is C14H24N2O2. The first-order chi connectivity index (χ1) is 8.67. The third-order valence-electron chi connectivity index (χ3n) is 2.53. The molecule has 0 spiro atoms. The highest BCUT2D eigenvalue weighted by Gasteiger charge is 2.09. The third-order valence-corrected chi connectivity index (χ3v) is 2.53. The molecule has 1 unspecified atom stereocenters. The Bertz CT molecular complexity index is 356. The maximum atomic E-state index is 5.92. The van der Waals surface area contributed by atoms with Gasteiger partial charge in [0.2, 0.25) is 0 Å². The Labute approximate surface area is 110 Å². The number of nitrogens with zero attached hydrogens (tertiary/aromatic N) is 1. The molecule has 1 aromatic rings. The topological polar surface area (TPSA) is 43.4 Å². The second-order valence-electron chi connectivity index (χ2n) is 4.30. The van der Waals surface area contributed by atoms with Gasteiger partial charge in [-0.2, -0.15) is 0 Å². The van der Waals surface area contributed by atoms with E-state index in [-0.39, 0.29) is 6.10 Å². The van der Waals surface area contributed by atoms with Crippen molar-refractivity contribution in [2.24, 2.45) is 0 Å². The maximum Gasteiger partial charge on any atom is 0.127 e. The van der Waals surface area contributed by atoms with E-state index in [0.29, 0.717) is 13.2 Å². The van der Waals surface area contributed by atoms with Crippen molar-refractivity contribution in [3.8, 4) is 5.75 Å². The van der Waals surface area contributed by atoms with Crippen molar-refractivity contribution in [1.82, 2.24) is 10.3 Å². The molecule has 1 rings (SSSR count). The van der Waals surface area contributed by atoms with Crippen molar-refractivity contribution in [2.45, 2.75) is 40.3 Å². The van der Waals surface area contributed by atoms with E-state index < -0.39 is 0 Å². The molecule has 0 aromatic carbocycles. The number of rotatable bonds is 8. The molecule has 0 amide bonds. The molecule has 1 atom stereocenters. The number of ether oxygens (including phenoxy) is 2. The van der Waals surface area contributed by atoms with Crippen LogP contribution in [0.4, 0.5) is 0 Å². The van der Waals surface area contributed by atoms with Gasteiger partial charge in [-0.1, -0.05) is 6.92 Å². The van der Waals surface area contributed by atoms with E-state index in [4.69, 9.17) is 9.47 Å². The number of aryl methyl sites for hydroxylation is 1. The van der Waals surface area contributed by atoms with Gasteiger partial charge in [-0.05, 0) is 27.3 Å². The van der Waals surface area contributed by atoms with Crippen LogP contribution in [0.1, 0.15) is 32.0 Å². The number of hydrogen-bond donors (Lipinski definition) is 1. The quantitative estimate of drug-likeness (QED) is 0.771. The van der Waals surface area contributed by atoms with E-state index in [1.807, 2.05) is 33.0 Å². The van der Waals surface area contributed by atoms with E-state index in [0.717, 1.165) is 30.1 Å². The van der Waals surface area contributed by atoms with Gasteiger partial charge in [-0.3, -0.25) is 4.98 Å². The minimum atomic E-state index is 0.0483. The second-order valence-corrected chi connectivity index (χ2v) is 4.30. The van der Waals surface area contributed by atoms with Crippen molar-refractivity contribution in [3.63, 3.8) is 0 Å². The van der Waals surface area contributed by atoms with Crippen LogP contribution < -0.4 is 10.1 Å². The number of hydrogen-bond acceptors (Lipinski definition) is 4. The number of aromatic nitrogens is 1. The van der Waals surface area contributed by atoms with E-state index in [1.54, 1.807) is 0 Å². The third kappa shape index (κ3) is 5.02. The van der Waals surface area contributed by atoms with Crippen LogP contribution in [0.15, 0.2) is 12.3 Å². The molecule has 0 radical (unpaired) electrons. The SMILES string of the molecule is CCNCc1cnc(C)cc1OC(C)COCC. The van der Waals surface area contributed by atoms with E-state index in [2.05, 4.69) is 17.2 Å². The molecule has 0 aliphatic heterocycles. The molecule has 1 aromatic heterocycles. The molecule has 0 bridgehead atoms. The molecule has 1 N–H and O–H groups in total. The fourth-order valence-corrected chi connectivity index (χ4v) is 1.60. The summed E-state index contributed by atoms with van der Waals surface area (Å²) >= 11 is 0. The molecular weight excluding hydrogens is 228 g/mol. The van der Waals surface area contributed by atoms with Crippen molar-refractivity contribution in [2.75, 3.05) is 19.8 Å². The highest BCUT2D eigenvalue weighted by Crippen LogP contribution is 2.20. The van der Waals surface area contributed by atoms with Gasteiger partial charge in [-0.15, -0.1) is 0 Å². The minimum Gasteiger partial charge on any atom is -0.488 e. The van der Waals surface area contributed by atoms with Crippen LogP contribution >= 0.6 is 0 Å². The zero-order chi connectivity index (χ0) is 13.4. The summed E-state index contributed by atoms with van der Waals surface area (Å²) < 4.78 is 11.3. The molecule has 0 fully saturated rings. The first-order valence-corrected chi connectivity index (χ1v) is 6.58. The summed E-state index contributed by atoms with van der Waals surface area (Å²) in [4.78, 5) is 4.31. The Morgan fingerprint density at radius 2 is 2.17 bits per heavy atom. The normalized spacial score (nSPS) is 12.4. The molecule has 0 aliphatic rings. The predicted octanol–water partition coefficient (Wildman–Crippen LogP) is 2.30. The molecule has 18 heavy (non-hydrogen) atoms.